The summed E-state index contributed by atoms with van der Waals surface area (Å²) >= 11 is 0. The van der Waals surface area contributed by atoms with Gasteiger partial charge >= 0.3 is 0 Å². The Balaban J connectivity index is 1.51. The number of likely N-dealkylation sites (N-methyl/N-ethyl adjacent to an activating group) is 1. The second kappa shape index (κ2) is 5.51. The molecule has 0 saturated heterocycles. The normalized spacial score (nSPS) is 23.9. The molecule has 1 N–H and O–H groups in total. The minimum absolute atomic E-state index is 0.834. The van der Waals surface area contributed by atoms with Crippen LogP contribution >= 0.6 is 0 Å². The molecule has 1 fully saturated rings. The Morgan fingerprint density at radius 1 is 1.56 bits per heavy atom. The number of nitrogens with zero attached hydrogens (tertiary/aromatic N) is 1. The van der Waals surface area contributed by atoms with E-state index in [2.05, 4.69) is 24.2 Å². The van der Waals surface area contributed by atoms with Gasteiger partial charge in [-0.3, -0.25) is 0 Å². The van der Waals surface area contributed by atoms with Gasteiger partial charge in [0, 0.05) is 19.6 Å². The van der Waals surface area contributed by atoms with Crippen molar-refractivity contribution in [2.45, 2.75) is 19.9 Å². The predicted molar refractivity (Wildman–Crippen MR) is 65.2 cm³/mol. The summed E-state index contributed by atoms with van der Waals surface area (Å²) in [6.07, 6.45) is 3.14. The molecule has 0 spiro atoms. The fourth-order valence-corrected chi connectivity index (χ4v) is 2.04. The van der Waals surface area contributed by atoms with Crippen molar-refractivity contribution in [1.82, 2.24) is 10.2 Å². The average Bonchev–Trinajstić information content (AvgIpc) is 2.78. The van der Waals surface area contributed by atoms with Gasteiger partial charge in [0.05, 0.1) is 12.8 Å². The van der Waals surface area contributed by atoms with Crippen LogP contribution in [-0.4, -0.2) is 31.6 Å². The molecule has 2 atom stereocenters. The number of furan rings is 1. The summed E-state index contributed by atoms with van der Waals surface area (Å²) in [7, 11) is 2.21. The molecule has 0 aromatic carbocycles. The molecule has 2 unspecified atom stereocenters. The molecule has 1 aromatic heterocycles. The molecule has 1 heterocycles. The maximum Gasteiger partial charge on any atom is 0.117 e. The molecule has 90 valence electrons. The molecule has 0 radical (unpaired) electrons. The lowest BCUT2D eigenvalue weighted by atomic mass is 10.3. The molecule has 2 rings (SSSR count). The first kappa shape index (κ1) is 11.7. The first-order valence-corrected chi connectivity index (χ1v) is 6.17. The molecular formula is C13H22N2O. The van der Waals surface area contributed by atoms with Crippen LogP contribution in [0.3, 0.4) is 0 Å². The van der Waals surface area contributed by atoms with Gasteiger partial charge in [0.1, 0.15) is 5.76 Å². The maximum absolute atomic E-state index is 5.25. The van der Waals surface area contributed by atoms with E-state index in [1.807, 2.05) is 12.1 Å². The maximum atomic E-state index is 5.25. The van der Waals surface area contributed by atoms with Gasteiger partial charge in [-0.15, -0.1) is 0 Å². The van der Waals surface area contributed by atoms with Crippen LogP contribution in [0.15, 0.2) is 22.8 Å². The molecule has 1 saturated carbocycles. The minimum Gasteiger partial charge on any atom is -0.468 e. The second-order valence-electron chi connectivity index (χ2n) is 4.99. The second-order valence-corrected chi connectivity index (χ2v) is 4.99. The molecule has 3 heteroatoms. The lowest BCUT2D eigenvalue weighted by Gasteiger charge is -2.16. The highest BCUT2D eigenvalue weighted by Crippen LogP contribution is 2.37. The summed E-state index contributed by atoms with van der Waals surface area (Å²) in [5.41, 5.74) is 0. The number of nitrogens with one attached hydrogen (secondary N) is 1. The van der Waals surface area contributed by atoms with Gasteiger partial charge in [0.2, 0.25) is 0 Å². The van der Waals surface area contributed by atoms with Gasteiger partial charge in [-0.25, -0.2) is 0 Å². The lowest BCUT2D eigenvalue weighted by molar-refractivity contribution is 0.311. The average molecular weight is 222 g/mol. The monoisotopic (exact) mass is 222 g/mol. The van der Waals surface area contributed by atoms with Crippen LogP contribution in [0.25, 0.3) is 0 Å². The van der Waals surface area contributed by atoms with Crippen molar-refractivity contribution in [3.05, 3.63) is 24.2 Å². The van der Waals surface area contributed by atoms with Crippen molar-refractivity contribution in [2.75, 3.05) is 26.7 Å². The van der Waals surface area contributed by atoms with Crippen molar-refractivity contribution >= 4 is 0 Å². The number of rotatable bonds is 7. The minimum atomic E-state index is 0.834. The summed E-state index contributed by atoms with van der Waals surface area (Å²) in [5, 5.41) is 3.39. The van der Waals surface area contributed by atoms with E-state index in [0.717, 1.165) is 37.2 Å². The van der Waals surface area contributed by atoms with Crippen LogP contribution in [-0.2, 0) is 6.54 Å². The molecular weight excluding hydrogens is 200 g/mol. The molecule has 1 aromatic rings. The smallest absolute Gasteiger partial charge is 0.117 e. The third kappa shape index (κ3) is 3.65. The summed E-state index contributed by atoms with van der Waals surface area (Å²) in [4.78, 5) is 2.42. The van der Waals surface area contributed by atoms with E-state index < -0.39 is 0 Å². The Bertz CT molecular complexity index is 297. The van der Waals surface area contributed by atoms with Crippen LogP contribution in [0, 0.1) is 11.8 Å². The van der Waals surface area contributed by atoms with Gasteiger partial charge < -0.3 is 14.6 Å². The number of hydrogen-bond donors (Lipinski definition) is 1. The highest BCUT2D eigenvalue weighted by molar-refractivity contribution is 4.97. The Labute approximate surface area is 97.8 Å². The van der Waals surface area contributed by atoms with Gasteiger partial charge in [-0.1, -0.05) is 6.92 Å². The van der Waals surface area contributed by atoms with Crippen molar-refractivity contribution in [3.8, 4) is 0 Å². The van der Waals surface area contributed by atoms with E-state index in [4.69, 9.17) is 4.42 Å². The molecule has 3 nitrogen and oxygen atoms in total. The Hall–Kier alpha value is -0.800. The zero-order valence-electron chi connectivity index (χ0n) is 10.3. The molecule has 1 aliphatic carbocycles. The highest BCUT2D eigenvalue weighted by Gasteiger charge is 2.32. The van der Waals surface area contributed by atoms with Crippen molar-refractivity contribution in [2.24, 2.45) is 11.8 Å². The largest absolute Gasteiger partial charge is 0.468 e. The highest BCUT2D eigenvalue weighted by atomic mass is 16.3. The molecule has 16 heavy (non-hydrogen) atoms. The summed E-state index contributed by atoms with van der Waals surface area (Å²) in [6, 6.07) is 3.93. The molecule has 1 aliphatic rings. The first-order valence-electron chi connectivity index (χ1n) is 6.17. The number of hydrogen-bond acceptors (Lipinski definition) is 3. The van der Waals surface area contributed by atoms with Gasteiger partial charge in [0.15, 0.2) is 0 Å². The van der Waals surface area contributed by atoms with E-state index in [1.165, 1.54) is 13.0 Å². The van der Waals surface area contributed by atoms with Crippen molar-refractivity contribution in [1.29, 1.82) is 0 Å². The quantitative estimate of drug-likeness (QED) is 0.715. The molecule has 0 bridgehead atoms. The zero-order valence-corrected chi connectivity index (χ0v) is 10.3. The fourth-order valence-electron chi connectivity index (χ4n) is 2.04. The predicted octanol–water partition coefficient (Wildman–Crippen LogP) is 1.96. The van der Waals surface area contributed by atoms with E-state index in [9.17, 15) is 0 Å². The molecule has 0 amide bonds. The summed E-state index contributed by atoms with van der Waals surface area (Å²) in [5.74, 6) is 2.92. The van der Waals surface area contributed by atoms with Crippen LogP contribution in [0.5, 0.6) is 0 Å². The van der Waals surface area contributed by atoms with Gasteiger partial charge in [-0.2, -0.15) is 0 Å². The van der Waals surface area contributed by atoms with Crippen LogP contribution < -0.4 is 5.32 Å². The zero-order chi connectivity index (χ0) is 11.4. The van der Waals surface area contributed by atoms with E-state index in [0.29, 0.717) is 0 Å². The Kier molecular flexibility index (Phi) is 4.02. The van der Waals surface area contributed by atoms with E-state index >= 15 is 0 Å². The van der Waals surface area contributed by atoms with E-state index in [-0.39, 0.29) is 0 Å². The SMILES string of the molecule is CC1CC1CN(C)CCNCc1ccco1. The topological polar surface area (TPSA) is 28.4 Å². The Morgan fingerprint density at radius 3 is 3.00 bits per heavy atom. The standard InChI is InChI=1S/C13H22N2O/c1-11-8-12(11)10-15(2)6-5-14-9-13-4-3-7-16-13/h3-4,7,11-12,14H,5-6,8-10H2,1-2H3. The van der Waals surface area contributed by atoms with Crippen LogP contribution in [0.1, 0.15) is 19.1 Å². The lowest BCUT2D eigenvalue weighted by Crippen LogP contribution is -2.30. The summed E-state index contributed by atoms with van der Waals surface area (Å²) < 4.78 is 5.25. The van der Waals surface area contributed by atoms with Crippen molar-refractivity contribution < 1.29 is 4.42 Å². The van der Waals surface area contributed by atoms with Gasteiger partial charge in [-0.05, 0) is 37.4 Å². The molecule has 0 aliphatic heterocycles. The van der Waals surface area contributed by atoms with Crippen molar-refractivity contribution in [3.63, 3.8) is 0 Å². The summed E-state index contributed by atoms with van der Waals surface area (Å²) in [6.45, 7) is 6.57. The third-order valence-corrected chi connectivity index (χ3v) is 3.37. The first-order chi connectivity index (χ1) is 7.75. The Morgan fingerprint density at radius 2 is 2.38 bits per heavy atom. The fraction of sp³-hybridized carbons (Fsp3) is 0.692. The van der Waals surface area contributed by atoms with Crippen LogP contribution in [0.2, 0.25) is 0 Å². The third-order valence-electron chi connectivity index (χ3n) is 3.37. The van der Waals surface area contributed by atoms with Gasteiger partial charge in [0.25, 0.3) is 0 Å². The van der Waals surface area contributed by atoms with E-state index in [1.54, 1.807) is 6.26 Å². The van der Waals surface area contributed by atoms with Crippen LogP contribution in [0.4, 0.5) is 0 Å².